The Bertz CT molecular complexity index is 1240. The molecule has 2 N–H and O–H groups in total. The highest BCUT2D eigenvalue weighted by Crippen LogP contribution is 2.72. The summed E-state index contributed by atoms with van der Waals surface area (Å²) < 4.78 is 33.0. The van der Waals surface area contributed by atoms with E-state index in [4.69, 9.17) is 16.4 Å². The number of ketones is 2. The number of allylic oxidation sites excluding steroid dienone is 4. The van der Waals surface area contributed by atoms with Gasteiger partial charge in [0.25, 0.3) is 0 Å². The van der Waals surface area contributed by atoms with Crippen LogP contribution in [0.5, 0.6) is 0 Å². The fourth-order valence-corrected chi connectivity index (χ4v) is 8.75. The highest BCUT2D eigenvalue weighted by Gasteiger charge is 2.79. The van der Waals surface area contributed by atoms with Crippen LogP contribution in [0, 0.1) is 28.6 Å². The summed E-state index contributed by atoms with van der Waals surface area (Å²) in [5.41, 5.74) is -5.56. The van der Waals surface area contributed by atoms with Crippen LogP contribution in [0.15, 0.2) is 48.1 Å². The van der Waals surface area contributed by atoms with Crippen LogP contribution in [0.4, 0.5) is 14.5 Å². The first-order chi connectivity index (χ1) is 18.4. The molecule has 1 saturated heterocycles. The number of nitrogens with zero attached hydrogens (tertiary/aromatic N) is 1. The molecule has 212 valence electrons. The van der Waals surface area contributed by atoms with Crippen molar-refractivity contribution in [1.82, 2.24) is 0 Å². The number of carbonyl (C=O) groups is 2. The molecule has 6 nitrogen and oxygen atoms in total. The number of aliphatic hydroxyl groups excluding tert-OH is 2. The molecule has 9 heteroatoms. The van der Waals surface area contributed by atoms with Crippen molar-refractivity contribution in [2.45, 2.75) is 70.5 Å². The van der Waals surface area contributed by atoms with Gasteiger partial charge in [0.05, 0.1) is 18.3 Å². The zero-order chi connectivity index (χ0) is 28.5. The molecule has 4 fully saturated rings. The molecule has 4 aliphatic carbocycles. The van der Waals surface area contributed by atoms with Gasteiger partial charge in [0.2, 0.25) is 0 Å². The van der Waals surface area contributed by atoms with E-state index in [0.717, 1.165) is 6.08 Å². The quantitative estimate of drug-likeness (QED) is 0.540. The normalized spacial score (nSPS) is 43.9. The number of fused-ring (bicyclic) bond motifs is 7. The van der Waals surface area contributed by atoms with E-state index in [0.29, 0.717) is 23.7 Å². The van der Waals surface area contributed by atoms with Crippen LogP contribution >= 0.6 is 11.6 Å². The van der Waals surface area contributed by atoms with Crippen molar-refractivity contribution >= 4 is 28.9 Å². The maximum Gasteiger partial charge on any atom is 0.193 e. The van der Waals surface area contributed by atoms with Crippen molar-refractivity contribution in [3.05, 3.63) is 53.1 Å². The minimum absolute atomic E-state index is 0.0610. The van der Waals surface area contributed by atoms with E-state index in [2.05, 4.69) is 0 Å². The van der Waals surface area contributed by atoms with Gasteiger partial charge < -0.3 is 10.2 Å². The molecule has 1 aromatic carbocycles. The molecule has 5 aliphatic rings. The molecular weight excluding hydrogens is 528 g/mol. The third-order valence-corrected chi connectivity index (χ3v) is 10.5. The Morgan fingerprint density at radius 2 is 1.85 bits per heavy atom. The van der Waals surface area contributed by atoms with E-state index in [1.807, 2.05) is 13.8 Å². The van der Waals surface area contributed by atoms with Crippen molar-refractivity contribution in [2.75, 3.05) is 18.2 Å². The number of hydrogen-bond donors (Lipinski definition) is 2. The maximum absolute atomic E-state index is 17.4. The number of hydroxylamine groups is 1. The largest absolute Gasteiger partial charge is 0.390 e. The lowest BCUT2D eigenvalue weighted by Crippen LogP contribution is -2.70. The smallest absolute Gasteiger partial charge is 0.193 e. The molecule has 1 heterocycles. The van der Waals surface area contributed by atoms with Crippen LogP contribution in [0.3, 0.4) is 0 Å². The minimum Gasteiger partial charge on any atom is -0.390 e. The van der Waals surface area contributed by atoms with E-state index in [9.17, 15) is 19.8 Å². The molecule has 9 atom stereocenters. The van der Waals surface area contributed by atoms with Gasteiger partial charge in [-0.05, 0) is 74.1 Å². The van der Waals surface area contributed by atoms with Crippen molar-refractivity contribution < 1.29 is 33.4 Å². The first-order valence-electron chi connectivity index (χ1n) is 13.7. The fourth-order valence-electron chi connectivity index (χ4n) is 8.63. The van der Waals surface area contributed by atoms with Crippen LogP contribution in [0.2, 0.25) is 5.02 Å². The summed E-state index contributed by atoms with van der Waals surface area (Å²) >= 11 is 6.03. The summed E-state index contributed by atoms with van der Waals surface area (Å²) in [4.78, 5) is 32.0. The molecule has 6 rings (SSSR count). The maximum atomic E-state index is 17.4. The molecule has 0 aromatic heterocycles. The highest BCUT2D eigenvalue weighted by atomic mass is 35.5. The van der Waals surface area contributed by atoms with Crippen LogP contribution in [-0.2, 0) is 14.4 Å². The van der Waals surface area contributed by atoms with Gasteiger partial charge in [0.1, 0.15) is 12.8 Å². The van der Waals surface area contributed by atoms with E-state index in [1.54, 1.807) is 43.2 Å². The molecule has 1 aliphatic heterocycles. The number of Topliss-reactive ketones (excluding diaryl/α,β-unsaturated/α-hetero) is 1. The van der Waals surface area contributed by atoms with Gasteiger partial charge >= 0.3 is 0 Å². The van der Waals surface area contributed by atoms with Gasteiger partial charge in [0.15, 0.2) is 22.8 Å². The first-order valence-corrected chi connectivity index (χ1v) is 14.1. The van der Waals surface area contributed by atoms with Crippen LogP contribution < -0.4 is 5.06 Å². The lowest BCUT2D eigenvalue weighted by atomic mass is 9.44. The topological polar surface area (TPSA) is 87.1 Å². The summed E-state index contributed by atoms with van der Waals surface area (Å²) in [5, 5.41) is 23.7. The summed E-state index contributed by atoms with van der Waals surface area (Å²) in [5.74, 6) is -2.74. The van der Waals surface area contributed by atoms with Crippen molar-refractivity contribution in [3.63, 3.8) is 0 Å². The summed E-state index contributed by atoms with van der Waals surface area (Å²) in [6.45, 7) is 6.91. The predicted molar refractivity (Wildman–Crippen MR) is 144 cm³/mol. The minimum atomic E-state index is -2.24. The monoisotopic (exact) mass is 563 g/mol. The molecular formula is C30H36ClF2NO5. The summed E-state index contributed by atoms with van der Waals surface area (Å²) in [7, 11) is 0. The number of aliphatic hydroxyl groups is 2. The lowest BCUT2D eigenvalue weighted by Gasteiger charge is -2.63. The SMILES string of the molecule is CC.C[C@]12C=CC(=O)C=C1[C@@H](F)C[C@H]1C3C[C@H]4CN(c5ccc(Cl)cc5)O[C@@]4(C(=O)CO)[C@@]3(C)C[C@H](O)[C@@]12F. The average molecular weight is 564 g/mol. The van der Waals surface area contributed by atoms with Crippen molar-refractivity contribution in [2.24, 2.45) is 28.6 Å². The highest BCUT2D eigenvalue weighted by molar-refractivity contribution is 6.30. The third-order valence-electron chi connectivity index (χ3n) is 10.3. The zero-order valence-corrected chi connectivity index (χ0v) is 23.4. The number of benzene rings is 1. The standard InChI is InChI=1S/C28H30ClF2NO5.C2H6/c1-25-8-7-18(34)10-21(25)22(30)11-20-19-9-15-13-32(17-5-3-16(29)4-6-17)37-28(15,24(36)14-33)26(19,2)12-23(35)27(20,25)31;1-2/h3-8,10,15,19-20,22-23,33,35H,9,11-14H2,1-2H3;1-2H3/t15-,19?,20-,22-,23-,25-,26-,27-,28-;/m0./s1. The van der Waals surface area contributed by atoms with E-state index in [-0.39, 0.29) is 18.4 Å². The van der Waals surface area contributed by atoms with Gasteiger partial charge in [-0.2, -0.15) is 0 Å². The molecule has 3 saturated carbocycles. The summed E-state index contributed by atoms with van der Waals surface area (Å²) in [6.07, 6.45) is 0.768. The van der Waals surface area contributed by atoms with Gasteiger partial charge in [-0.15, -0.1) is 0 Å². The molecule has 0 spiro atoms. The molecule has 0 radical (unpaired) electrons. The second-order valence-electron chi connectivity index (χ2n) is 11.7. The second kappa shape index (κ2) is 9.47. The van der Waals surface area contributed by atoms with Crippen LogP contribution in [0.25, 0.3) is 0 Å². The van der Waals surface area contributed by atoms with Crippen LogP contribution in [0.1, 0.15) is 47.0 Å². The number of alkyl halides is 2. The lowest BCUT2D eigenvalue weighted by molar-refractivity contribution is -0.228. The van der Waals surface area contributed by atoms with E-state index >= 15 is 8.78 Å². The Kier molecular flexibility index (Phi) is 6.90. The average Bonchev–Trinajstić information content (AvgIpc) is 3.41. The van der Waals surface area contributed by atoms with E-state index < -0.39 is 70.3 Å². The number of rotatable bonds is 3. The Hall–Kier alpha value is -2.13. The van der Waals surface area contributed by atoms with Crippen LogP contribution in [-0.4, -0.2) is 58.5 Å². The fraction of sp³-hybridized carbons (Fsp3) is 0.600. The van der Waals surface area contributed by atoms with Gasteiger partial charge in [-0.25, -0.2) is 8.78 Å². The van der Waals surface area contributed by atoms with Gasteiger partial charge in [-0.1, -0.05) is 38.4 Å². The predicted octanol–water partition coefficient (Wildman–Crippen LogP) is 4.96. The van der Waals surface area contributed by atoms with Gasteiger partial charge in [-0.3, -0.25) is 19.5 Å². The number of halogens is 3. The Morgan fingerprint density at radius 1 is 1.18 bits per heavy atom. The number of anilines is 1. The van der Waals surface area contributed by atoms with Crippen molar-refractivity contribution in [1.29, 1.82) is 0 Å². The first kappa shape index (κ1) is 28.4. The van der Waals surface area contributed by atoms with Gasteiger partial charge in [0, 0.05) is 27.7 Å². The molecule has 39 heavy (non-hydrogen) atoms. The molecule has 0 amide bonds. The molecule has 1 aromatic rings. The Labute approximate surface area is 232 Å². The van der Waals surface area contributed by atoms with Crippen molar-refractivity contribution in [3.8, 4) is 0 Å². The zero-order valence-electron chi connectivity index (χ0n) is 22.7. The second-order valence-corrected chi connectivity index (χ2v) is 12.2. The summed E-state index contributed by atoms with van der Waals surface area (Å²) in [6, 6.07) is 6.95. The Morgan fingerprint density at radius 3 is 2.49 bits per heavy atom. The number of carbonyl (C=O) groups excluding carboxylic acids is 2. The van der Waals surface area contributed by atoms with E-state index in [1.165, 1.54) is 12.2 Å². The number of hydrogen-bond acceptors (Lipinski definition) is 6. The molecule has 1 unspecified atom stereocenters. The Balaban J connectivity index is 0.00000151. The molecule has 0 bridgehead atoms. The third kappa shape index (κ3) is 3.54.